The third-order valence-electron chi connectivity index (χ3n) is 3.47. The number of thiophene rings is 1. The van der Waals surface area contributed by atoms with Gasteiger partial charge in [-0.25, -0.2) is 0 Å². The van der Waals surface area contributed by atoms with E-state index < -0.39 is 0 Å². The Bertz CT molecular complexity index is 732. The standard InChI is InChI=1S/C17H19N3S2/c1-3-20-16(11-15-8-5-9-21-15)18-19-17(20)22-12-14-7-4-6-13(2)10-14/h4-10H,3,11-12H2,1-2H3. The van der Waals surface area contributed by atoms with Crippen LogP contribution in [0.1, 0.15) is 28.8 Å². The Morgan fingerprint density at radius 1 is 1.18 bits per heavy atom. The average molecular weight is 329 g/mol. The van der Waals surface area contributed by atoms with E-state index in [0.717, 1.165) is 29.7 Å². The van der Waals surface area contributed by atoms with Crippen LogP contribution >= 0.6 is 23.1 Å². The van der Waals surface area contributed by atoms with Gasteiger partial charge in [-0.15, -0.1) is 21.5 Å². The molecular weight excluding hydrogens is 310 g/mol. The number of aromatic nitrogens is 3. The minimum Gasteiger partial charge on any atom is -0.306 e. The van der Waals surface area contributed by atoms with Crippen LogP contribution in [-0.2, 0) is 18.7 Å². The van der Waals surface area contributed by atoms with Crippen LogP contribution in [0.5, 0.6) is 0 Å². The van der Waals surface area contributed by atoms with Crippen molar-refractivity contribution < 1.29 is 0 Å². The first-order chi connectivity index (χ1) is 10.8. The molecule has 0 saturated carbocycles. The highest BCUT2D eigenvalue weighted by Crippen LogP contribution is 2.24. The molecule has 2 heterocycles. The Hall–Kier alpha value is -1.59. The van der Waals surface area contributed by atoms with Crippen LogP contribution in [-0.4, -0.2) is 14.8 Å². The van der Waals surface area contributed by atoms with E-state index in [9.17, 15) is 0 Å². The maximum absolute atomic E-state index is 4.39. The van der Waals surface area contributed by atoms with Crippen LogP contribution in [0.15, 0.2) is 46.9 Å². The van der Waals surface area contributed by atoms with Crippen LogP contribution in [0.4, 0.5) is 0 Å². The van der Waals surface area contributed by atoms with Crippen LogP contribution in [0.2, 0.25) is 0 Å². The molecule has 0 N–H and O–H groups in total. The molecule has 3 aromatic rings. The zero-order chi connectivity index (χ0) is 15.4. The molecule has 2 aromatic heterocycles. The van der Waals surface area contributed by atoms with E-state index in [1.807, 2.05) is 0 Å². The third-order valence-corrected chi connectivity index (χ3v) is 5.39. The summed E-state index contributed by atoms with van der Waals surface area (Å²) in [5.74, 6) is 1.98. The summed E-state index contributed by atoms with van der Waals surface area (Å²) in [5, 5.41) is 11.9. The van der Waals surface area contributed by atoms with Crippen molar-refractivity contribution in [2.24, 2.45) is 0 Å². The van der Waals surface area contributed by atoms with Gasteiger partial charge in [0.2, 0.25) is 0 Å². The summed E-state index contributed by atoms with van der Waals surface area (Å²) in [6.45, 7) is 5.18. The second-order valence-electron chi connectivity index (χ2n) is 5.18. The van der Waals surface area contributed by atoms with Gasteiger partial charge in [-0.3, -0.25) is 0 Å². The number of hydrogen-bond acceptors (Lipinski definition) is 4. The summed E-state index contributed by atoms with van der Waals surface area (Å²) >= 11 is 3.53. The third kappa shape index (κ3) is 3.59. The molecule has 0 atom stereocenters. The quantitative estimate of drug-likeness (QED) is 0.622. The van der Waals surface area contributed by atoms with Gasteiger partial charge in [0.15, 0.2) is 5.16 Å². The molecule has 0 spiro atoms. The highest BCUT2D eigenvalue weighted by Gasteiger charge is 2.12. The SMILES string of the molecule is CCn1c(Cc2cccs2)nnc1SCc1cccc(C)c1. The van der Waals surface area contributed by atoms with Crippen molar-refractivity contribution in [3.8, 4) is 0 Å². The molecule has 0 aliphatic carbocycles. The van der Waals surface area contributed by atoms with Crippen molar-refractivity contribution in [3.63, 3.8) is 0 Å². The number of rotatable bonds is 6. The highest BCUT2D eigenvalue weighted by molar-refractivity contribution is 7.98. The van der Waals surface area contributed by atoms with E-state index in [2.05, 4.69) is 70.4 Å². The Balaban J connectivity index is 1.72. The maximum Gasteiger partial charge on any atom is 0.191 e. The first-order valence-corrected chi connectivity index (χ1v) is 9.25. The predicted octanol–water partition coefficient (Wildman–Crippen LogP) is 4.55. The van der Waals surface area contributed by atoms with Gasteiger partial charge in [-0.05, 0) is 30.9 Å². The lowest BCUT2D eigenvalue weighted by atomic mass is 10.2. The van der Waals surface area contributed by atoms with E-state index in [1.165, 1.54) is 16.0 Å². The van der Waals surface area contributed by atoms with Crippen molar-refractivity contribution in [1.82, 2.24) is 14.8 Å². The highest BCUT2D eigenvalue weighted by atomic mass is 32.2. The van der Waals surface area contributed by atoms with Crippen molar-refractivity contribution in [2.75, 3.05) is 0 Å². The van der Waals surface area contributed by atoms with Crippen molar-refractivity contribution >= 4 is 23.1 Å². The van der Waals surface area contributed by atoms with Gasteiger partial charge in [0.05, 0.1) is 0 Å². The Labute approximate surface area is 139 Å². The van der Waals surface area contributed by atoms with Gasteiger partial charge in [0.25, 0.3) is 0 Å². The number of hydrogen-bond donors (Lipinski definition) is 0. The number of benzene rings is 1. The minimum atomic E-state index is 0.865. The fraction of sp³-hybridized carbons (Fsp3) is 0.294. The molecule has 0 amide bonds. The largest absolute Gasteiger partial charge is 0.306 e. The van der Waals surface area contributed by atoms with Gasteiger partial charge in [-0.2, -0.15) is 0 Å². The molecule has 0 saturated heterocycles. The number of nitrogens with zero attached hydrogens (tertiary/aromatic N) is 3. The molecule has 0 bridgehead atoms. The summed E-state index contributed by atoms with van der Waals surface area (Å²) in [6, 6.07) is 12.9. The average Bonchev–Trinajstić information content (AvgIpc) is 3.15. The van der Waals surface area contributed by atoms with Gasteiger partial charge >= 0.3 is 0 Å². The summed E-state index contributed by atoms with van der Waals surface area (Å²) in [4.78, 5) is 1.33. The van der Waals surface area contributed by atoms with Crippen molar-refractivity contribution in [1.29, 1.82) is 0 Å². The Kier molecular flexibility index (Phi) is 4.95. The molecule has 0 aliphatic heterocycles. The molecule has 0 aliphatic rings. The van der Waals surface area contributed by atoms with Gasteiger partial charge < -0.3 is 4.57 Å². The fourth-order valence-electron chi connectivity index (χ4n) is 2.39. The molecule has 5 heteroatoms. The van der Waals surface area contributed by atoms with E-state index in [1.54, 1.807) is 23.1 Å². The number of thioether (sulfide) groups is 1. The summed E-state index contributed by atoms with van der Waals surface area (Å²) in [5.41, 5.74) is 2.63. The zero-order valence-corrected chi connectivity index (χ0v) is 14.5. The Morgan fingerprint density at radius 3 is 2.82 bits per heavy atom. The van der Waals surface area contributed by atoms with Crippen LogP contribution in [0, 0.1) is 6.92 Å². The molecule has 0 unspecified atom stereocenters. The second kappa shape index (κ2) is 7.11. The smallest absolute Gasteiger partial charge is 0.191 e. The van der Waals surface area contributed by atoms with E-state index in [-0.39, 0.29) is 0 Å². The monoisotopic (exact) mass is 329 g/mol. The maximum atomic E-state index is 4.39. The number of aryl methyl sites for hydroxylation is 1. The van der Waals surface area contributed by atoms with E-state index in [0.29, 0.717) is 0 Å². The zero-order valence-electron chi connectivity index (χ0n) is 12.8. The topological polar surface area (TPSA) is 30.7 Å². The van der Waals surface area contributed by atoms with Crippen LogP contribution in [0.3, 0.4) is 0 Å². The summed E-state index contributed by atoms with van der Waals surface area (Å²) in [6.07, 6.45) is 0.865. The molecule has 3 nitrogen and oxygen atoms in total. The van der Waals surface area contributed by atoms with Gasteiger partial charge in [-0.1, -0.05) is 47.7 Å². The first kappa shape index (κ1) is 15.3. The lowest BCUT2D eigenvalue weighted by Crippen LogP contribution is -2.03. The normalized spacial score (nSPS) is 11.0. The van der Waals surface area contributed by atoms with Gasteiger partial charge in [0, 0.05) is 23.6 Å². The van der Waals surface area contributed by atoms with Crippen molar-refractivity contribution in [3.05, 3.63) is 63.6 Å². The second-order valence-corrected chi connectivity index (χ2v) is 7.15. The van der Waals surface area contributed by atoms with Gasteiger partial charge in [0.1, 0.15) is 5.82 Å². The van der Waals surface area contributed by atoms with Crippen molar-refractivity contribution in [2.45, 2.75) is 37.7 Å². The fourth-order valence-corrected chi connectivity index (χ4v) is 4.06. The predicted molar refractivity (Wildman–Crippen MR) is 93.6 cm³/mol. The molecule has 1 aromatic carbocycles. The molecule has 0 fully saturated rings. The van der Waals surface area contributed by atoms with Crippen LogP contribution < -0.4 is 0 Å². The molecule has 22 heavy (non-hydrogen) atoms. The minimum absolute atomic E-state index is 0.865. The first-order valence-electron chi connectivity index (χ1n) is 7.39. The molecule has 114 valence electrons. The molecular formula is C17H19N3S2. The molecule has 0 radical (unpaired) electrons. The van der Waals surface area contributed by atoms with E-state index >= 15 is 0 Å². The van der Waals surface area contributed by atoms with Crippen LogP contribution in [0.25, 0.3) is 0 Å². The lowest BCUT2D eigenvalue weighted by Gasteiger charge is -2.07. The summed E-state index contributed by atoms with van der Waals surface area (Å²) in [7, 11) is 0. The Morgan fingerprint density at radius 2 is 2.09 bits per heavy atom. The summed E-state index contributed by atoms with van der Waals surface area (Å²) < 4.78 is 2.22. The molecule has 3 rings (SSSR count). The van der Waals surface area contributed by atoms with E-state index in [4.69, 9.17) is 0 Å². The lowest BCUT2D eigenvalue weighted by molar-refractivity contribution is 0.652.